The summed E-state index contributed by atoms with van der Waals surface area (Å²) in [7, 11) is 1.58. The van der Waals surface area contributed by atoms with Gasteiger partial charge in [-0.2, -0.15) is 0 Å². The Bertz CT molecular complexity index is 851. The molecule has 0 amide bonds. The van der Waals surface area contributed by atoms with E-state index in [4.69, 9.17) is 16.3 Å². The largest absolute Gasteiger partial charge is 0.496 e. The Morgan fingerprint density at radius 2 is 2.05 bits per heavy atom. The summed E-state index contributed by atoms with van der Waals surface area (Å²) in [6, 6.07) is 11.4. The number of Topliss-reactive ketones (excluding diaryl/α,β-unsaturated/α-hetero) is 1. The first kappa shape index (κ1) is 14.7. The number of aryl methyl sites for hydroxylation is 1. The van der Waals surface area contributed by atoms with Crippen LogP contribution in [0.15, 0.2) is 42.6 Å². The number of fused-ring (bicyclic) bond motifs is 1. The second kappa shape index (κ2) is 5.85. The number of carbonyl (C=O) groups excluding carboxylic acids is 1. The number of hydrogen-bond acceptors (Lipinski definition) is 2. The summed E-state index contributed by atoms with van der Waals surface area (Å²) in [5.41, 5.74) is 3.64. The Morgan fingerprint density at radius 3 is 2.82 bits per heavy atom. The van der Waals surface area contributed by atoms with Crippen molar-refractivity contribution in [3.63, 3.8) is 0 Å². The van der Waals surface area contributed by atoms with E-state index in [0.717, 1.165) is 22.0 Å². The van der Waals surface area contributed by atoms with Crippen LogP contribution in [-0.4, -0.2) is 17.9 Å². The number of benzene rings is 2. The Kier molecular flexibility index (Phi) is 3.90. The number of ketones is 1. The molecule has 0 unspecified atom stereocenters. The molecular weight excluding hydrogens is 298 g/mol. The van der Waals surface area contributed by atoms with Crippen molar-refractivity contribution in [1.82, 2.24) is 4.98 Å². The lowest BCUT2D eigenvalue weighted by Crippen LogP contribution is -2.04. The van der Waals surface area contributed by atoms with Crippen LogP contribution in [0.1, 0.15) is 21.5 Å². The van der Waals surface area contributed by atoms with Crippen LogP contribution in [0.4, 0.5) is 0 Å². The van der Waals surface area contributed by atoms with Crippen LogP contribution < -0.4 is 4.74 Å². The van der Waals surface area contributed by atoms with E-state index in [2.05, 4.69) is 4.98 Å². The van der Waals surface area contributed by atoms with Crippen molar-refractivity contribution < 1.29 is 9.53 Å². The second-order valence-electron chi connectivity index (χ2n) is 5.31. The van der Waals surface area contributed by atoms with Gasteiger partial charge in [-0.3, -0.25) is 4.79 Å². The molecule has 0 aliphatic carbocycles. The lowest BCUT2D eigenvalue weighted by molar-refractivity contribution is 0.0993. The molecule has 0 bridgehead atoms. The van der Waals surface area contributed by atoms with Crippen LogP contribution >= 0.6 is 11.6 Å². The molecule has 0 spiro atoms. The van der Waals surface area contributed by atoms with Crippen molar-refractivity contribution in [3.05, 3.63) is 64.3 Å². The van der Waals surface area contributed by atoms with E-state index in [0.29, 0.717) is 16.3 Å². The third-order valence-electron chi connectivity index (χ3n) is 3.74. The standard InChI is InChI=1S/C18H16ClNO2/c1-11-3-6-16-14(7-11)15(10-20-16)17(21)8-12-4-5-13(19)9-18(12)22-2/h3-7,9-10,20H,8H2,1-2H3. The molecule has 3 aromatic rings. The Morgan fingerprint density at radius 1 is 1.23 bits per heavy atom. The van der Waals surface area contributed by atoms with Crippen molar-refractivity contribution in [2.45, 2.75) is 13.3 Å². The maximum Gasteiger partial charge on any atom is 0.169 e. The molecule has 3 nitrogen and oxygen atoms in total. The molecule has 0 radical (unpaired) electrons. The topological polar surface area (TPSA) is 42.1 Å². The number of carbonyl (C=O) groups is 1. The van der Waals surface area contributed by atoms with E-state index < -0.39 is 0 Å². The van der Waals surface area contributed by atoms with E-state index in [9.17, 15) is 4.79 Å². The Balaban J connectivity index is 1.95. The van der Waals surface area contributed by atoms with Crippen molar-refractivity contribution >= 4 is 28.3 Å². The van der Waals surface area contributed by atoms with E-state index >= 15 is 0 Å². The Hall–Kier alpha value is -2.26. The van der Waals surface area contributed by atoms with Crippen LogP contribution in [0, 0.1) is 6.92 Å². The van der Waals surface area contributed by atoms with E-state index in [1.165, 1.54) is 0 Å². The van der Waals surface area contributed by atoms with Gasteiger partial charge in [0.05, 0.1) is 7.11 Å². The highest BCUT2D eigenvalue weighted by atomic mass is 35.5. The minimum atomic E-state index is 0.0532. The third-order valence-corrected chi connectivity index (χ3v) is 3.97. The number of halogens is 1. The molecule has 0 aliphatic heterocycles. The number of H-pyrrole nitrogens is 1. The van der Waals surface area contributed by atoms with Gasteiger partial charge in [0.2, 0.25) is 0 Å². The molecular formula is C18H16ClNO2. The molecule has 22 heavy (non-hydrogen) atoms. The molecule has 1 aromatic heterocycles. The van der Waals surface area contributed by atoms with Gasteiger partial charge in [-0.1, -0.05) is 29.3 Å². The van der Waals surface area contributed by atoms with Gasteiger partial charge in [0.1, 0.15) is 5.75 Å². The van der Waals surface area contributed by atoms with Crippen molar-refractivity contribution in [1.29, 1.82) is 0 Å². The lowest BCUT2D eigenvalue weighted by Gasteiger charge is -2.08. The summed E-state index contributed by atoms with van der Waals surface area (Å²) >= 11 is 5.96. The molecule has 1 N–H and O–H groups in total. The first-order chi connectivity index (χ1) is 10.6. The molecule has 0 saturated carbocycles. The molecule has 112 valence electrons. The summed E-state index contributed by atoms with van der Waals surface area (Å²) in [6.45, 7) is 2.02. The maximum atomic E-state index is 12.6. The zero-order valence-electron chi connectivity index (χ0n) is 12.4. The summed E-state index contributed by atoms with van der Waals surface area (Å²) in [4.78, 5) is 15.8. The van der Waals surface area contributed by atoms with Crippen LogP contribution in [0.5, 0.6) is 5.75 Å². The van der Waals surface area contributed by atoms with Crippen LogP contribution in [0.2, 0.25) is 5.02 Å². The summed E-state index contributed by atoms with van der Waals surface area (Å²) in [5, 5.41) is 1.55. The quantitative estimate of drug-likeness (QED) is 0.717. The molecule has 0 aliphatic rings. The minimum Gasteiger partial charge on any atom is -0.496 e. The van der Waals surface area contributed by atoms with E-state index in [1.807, 2.05) is 31.2 Å². The number of ether oxygens (including phenoxy) is 1. The van der Waals surface area contributed by atoms with Gasteiger partial charge in [0.15, 0.2) is 5.78 Å². The lowest BCUT2D eigenvalue weighted by atomic mass is 10.0. The van der Waals surface area contributed by atoms with Gasteiger partial charge in [0.25, 0.3) is 0 Å². The number of aromatic amines is 1. The predicted octanol–water partition coefficient (Wildman–Crippen LogP) is 4.56. The van der Waals surface area contributed by atoms with Gasteiger partial charge in [-0.25, -0.2) is 0 Å². The average molecular weight is 314 g/mol. The van der Waals surface area contributed by atoms with Crippen LogP contribution in [-0.2, 0) is 6.42 Å². The molecule has 0 atom stereocenters. The zero-order valence-corrected chi connectivity index (χ0v) is 13.2. The summed E-state index contributed by atoms with van der Waals surface area (Å²) in [6.07, 6.45) is 2.05. The van der Waals surface area contributed by atoms with Gasteiger partial charge < -0.3 is 9.72 Å². The monoisotopic (exact) mass is 313 g/mol. The van der Waals surface area contributed by atoms with Crippen LogP contribution in [0.3, 0.4) is 0 Å². The highest BCUT2D eigenvalue weighted by Gasteiger charge is 2.15. The smallest absolute Gasteiger partial charge is 0.169 e. The zero-order chi connectivity index (χ0) is 15.7. The molecule has 4 heteroatoms. The third kappa shape index (κ3) is 2.72. The number of rotatable bonds is 4. The normalized spacial score (nSPS) is 10.9. The fourth-order valence-electron chi connectivity index (χ4n) is 2.60. The summed E-state index contributed by atoms with van der Waals surface area (Å²) in [5.74, 6) is 0.689. The number of aromatic nitrogens is 1. The highest BCUT2D eigenvalue weighted by molar-refractivity contribution is 6.30. The molecule has 3 rings (SSSR count). The number of methoxy groups -OCH3 is 1. The fraction of sp³-hybridized carbons (Fsp3) is 0.167. The van der Waals surface area contributed by atoms with Crippen molar-refractivity contribution in [2.75, 3.05) is 7.11 Å². The minimum absolute atomic E-state index is 0.0532. The number of hydrogen-bond donors (Lipinski definition) is 1. The van der Waals surface area contributed by atoms with Gasteiger partial charge in [0, 0.05) is 39.7 Å². The Labute approximate surface area is 133 Å². The first-order valence-electron chi connectivity index (χ1n) is 7.02. The second-order valence-corrected chi connectivity index (χ2v) is 5.74. The first-order valence-corrected chi connectivity index (χ1v) is 7.39. The van der Waals surface area contributed by atoms with Gasteiger partial charge in [-0.15, -0.1) is 0 Å². The van der Waals surface area contributed by atoms with Crippen molar-refractivity contribution in [3.8, 4) is 5.75 Å². The van der Waals surface area contributed by atoms with Crippen LogP contribution in [0.25, 0.3) is 10.9 Å². The molecule has 2 aromatic carbocycles. The SMILES string of the molecule is COc1cc(Cl)ccc1CC(=O)c1c[nH]c2ccc(C)cc12. The molecule has 0 saturated heterocycles. The fourth-order valence-corrected chi connectivity index (χ4v) is 2.76. The van der Waals surface area contributed by atoms with E-state index in [-0.39, 0.29) is 12.2 Å². The highest BCUT2D eigenvalue weighted by Crippen LogP contribution is 2.26. The molecule has 1 heterocycles. The van der Waals surface area contributed by atoms with Gasteiger partial charge >= 0.3 is 0 Å². The van der Waals surface area contributed by atoms with Gasteiger partial charge in [-0.05, 0) is 31.2 Å². The number of nitrogens with one attached hydrogen (secondary N) is 1. The van der Waals surface area contributed by atoms with Crippen molar-refractivity contribution in [2.24, 2.45) is 0 Å². The maximum absolute atomic E-state index is 12.6. The molecule has 0 fully saturated rings. The van der Waals surface area contributed by atoms with E-state index in [1.54, 1.807) is 25.4 Å². The predicted molar refractivity (Wildman–Crippen MR) is 89.1 cm³/mol. The summed E-state index contributed by atoms with van der Waals surface area (Å²) < 4.78 is 5.31. The average Bonchev–Trinajstić information content (AvgIpc) is 2.92.